The van der Waals surface area contributed by atoms with Gasteiger partial charge in [0.05, 0.1) is 0 Å². The molecule has 4 nitrogen and oxygen atoms in total. The summed E-state index contributed by atoms with van der Waals surface area (Å²) in [6.45, 7) is 0. The second-order valence-corrected chi connectivity index (χ2v) is 16.1. The molecule has 3 aromatic heterocycles. The predicted octanol–water partition coefficient (Wildman–Crippen LogP) is 14.3. The molecular weight excluding hydrogens is 727 g/mol. The van der Waals surface area contributed by atoms with Crippen LogP contribution in [0.1, 0.15) is 23.3 Å². The number of allylic oxidation sites excluding steroid dienone is 1. The average Bonchev–Trinajstić information content (AvgIpc) is 3.87. The molecule has 0 unspecified atom stereocenters. The Morgan fingerprint density at radius 1 is 0.448 bits per heavy atom. The van der Waals surface area contributed by atoms with Crippen LogP contribution in [0.3, 0.4) is 0 Å². The summed E-state index contributed by atoms with van der Waals surface area (Å²) in [4.78, 5) is 15.4. The molecule has 8 aromatic carbocycles. The number of nitrogens with zero attached hydrogens (tertiary/aromatic N) is 3. The van der Waals surface area contributed by atoms with Gasteiger partial charge in [0.25, 0.3) is 0 Å². The fraction of sp³-hybridized carbons (Fsp3) is 0.0377. The van der Waals surface area contributed by atoms with Gasteiger partial charge in [0.15, 0.2) is 17.5 Å². The lowest BCUT2D eigenvalue weighted by molar-refractivity contribution is 0.545. The molecule has 0 saturated carbocycles. The summed E-state index contributed by atoms with van der Waals surface area (Å²) in [5.41, 5.74) is 9.78. The van der Waals surface area contributed by atoms with E-state index in [-0.39, 0.29) is 0 Å². The quantitative estimate of drug-likeness (QED) is 0.175. The fourth-order valence-electron chi connectivity index (χ4n) is 8.70. The molecule has 11 aromatic rings. The SMILES string of the molecule is C1=C(c2ccc3ccc(-c4nc(-c5ccccc5)nc(-c5cccc6c5sc5ccccc56)n4)cc3c2)c2c(oc3cc(-c4ccc5ccccc5c4)ccc23)CC1. The van der Waals surface area contributed by atoms with Crippen molar-refractivity contribution in [1.82, 2.24) is 15.0 Å². The average molecular weight is 760 g/mol. The number of fused-ring (bicyclic) bond motifs is 8. The minimum atomic E-state index is 0.650. The zero-order valence-corrected chi connectivity index (χ0v) is 32.1. The lowest BCUT2D eigenvalue weighted by Crippen LogP contribution is -2.00. The van der Waals surface area contributed by atoms with E-state index in [1.807, 2.05) is 18.2 Å². The summed E-state index contributed by atoms with van der Waals surface area (Å²) in [7, 11) is 0. The van der Waals surface area contributed by atoms with Gasteiger partial charge in [-0.3, -0.25) is 0 Å². The summed E-state index contributed by atoms with van der Waals surface area (Å²) >= 11 is 1.79. The molecular formula is C53H33N3OS. The zero-order chi connectivity index (χ0) is 38.2. The monoisotopic (exact) mass is 759 g/mol. The molecule has 0 amide bonds. The van der Waals surface area contributed by atoms with E-state index >= 15 is 0 Å². The second-order valence-electron chi connectivity index (χ2n) is 15.1. The van der Waals surface area contributed by atoms with Gasteiger partial charge in [-0.2, -0.15) is 0 Å². The number of hydrogen-bond acceptors (Lipinski definition) is 5. The lowest BCUT2D eigenvalue weighted by Gasteiger charge is -2.15. The highest BCUT2D eigenvalue weighted by atomic mass is 32.1. The Bertz CT molecular complexity index is 3470. The Morgan fingerprint density at radius 2 is 1.10 bits per heavy atom. The van der Waals surface area contributed by atoms with Crippen LogP contribution in [0, 0.1) is 0 Å². The fourth-order valence-corrected chi connectivity index (χ4v) is 9.91. The molecule has 0 bridgehead atoms. The highest BCUT2D eigenvalue weighted by molar-refractivity contribution is 7.26. The number of aryl methyl sites for hydroxylation is 1. The Morgan fingerprint density at radius 3 is 2.00 bits per heavy atom. The van der Waals surface area contributed by atoms with E-state index < -0.39 is 0 Å². The van der Waals surface area contributed by atoms with Crippen molar-refractivity contribution < 1.29 is 4.42 Å². The van der Waals surface area contributed by atoms with Gasteiger partial charge in [0.1, 0.15) is 11.3 Å². The van der Waals surface area contributed by atoms with Gasteiger partial charge in [0, 0.05) is 54.2 Å². The molecule has 1 aliphatic rings. The highest BCUT2D eigenvalue weighted by Crippen LogP contribution is 2.42. The summed E-state index contributed by atoms with van der Waals surface area (Å²) in [6.07, 6.45) is 4.19. The summed E-state index contributed by atoms with van der Waals surface area (Å²) in [5, 5.41) is 8.39. The maximum absolute atomic E-state index is 6.63. The van der Waals surface area contributed by atoms with E-state index in [2.05, 4.69) is 158 Å². The van der Waals surface area contributed by atoms with E-state index in [9.17, 15) is 0 Å². The van der Waals surface area contributed by atoms with Crippen molar-refractivity contribution >= 4 is 69.6 Å². The molecule has 0 radical (unpaired) electrons. The Hall–Kier alpha value is -7.21. The predicted molar refractivity (Wildman–Crippen MR) is 241 cm³/mol. The maximum atomic E-state index is 6.63. The van der Waals surface area contributed by atoms with Gasteiger partial charge in [-0.1, -0.05) is 133 Å². The van der Waals surface area contributed by atoms with Gasteiger partial charge in [0.2, 0.25) is 0 Å². The molecule has 58 heavy (non-hydrogen) atoms. The minimum Gasteiger partial charge on any atom is -0.460 e. The number of hydrogen-bond donors (Lipinski definition) is 0. The first-order chi connectivity index (χ1) is 28.7. The van der Waals surface area contributed by atoms with Crippen LogP contribution in [0.4, 0.5) is 0 Å². The number of rotatable bonds is 5. The molecule has 0 N–H and O–H groups in total. The van der Waals surface area contributed by atoms with Crippen molar-refractivity contribution in [3.63, 3.8) is 0 Å². The van der Waals surface area contributed by atoms with Gasteiger partial charge in [-0.25, -0.2) is 15.0 Å². The highest BCUT2D eigenvalue weighted by Gasteiger charge is 2.23. The third-order valence-electron chi connectivity index (χ3n) is 11.6. The molecule has 272 valence electrons. The van der Waals surface area contributed by atoms with Crippen molar-refractivity contribution in [1.29, 1.82) is 0 Å². The van der Waals surface area contributed by atoms with Crippen LogP contribution in [-0.4, -0.2) is 15.0 Å². The molecule has 5 heteroatoms. The normalized spacial score (nSPS) is 12.8. The summed E-state index contributed by atoms with van der Waals surface area (Å²) in [5.74, 6) is 3.03. The summed E-state index contributed by atoms with van der Waals surface area (Å²) < 4.78 is 9.07. The van der Waals surface area contributed by atoms with Gasteiger partial charge < -0.3 is 4.42 Å². The molecule has 0 aliphatic heterocycles. The number of furan rings is 1. The zero-order valence-electron chi connectivity index (χ0n) is 31.3. The minimum absolute atomic E-state index is 0.650. The molecule has 12 rings (SSSR count). The number of aromatic nitrogens is 3. The van der Waals surface area contributed by atoms with Crippen molar-refractivity contribution in [3.8, 4) is 45.3 Å². The molecule has 0 atom stereocenters. The number of benzene rings is 8. The topological polar surface area (TPSA) is 51.8 Å². The first-order valence-electron chi connectivity index (χ1n) is 19.7. The first kappa shape index (κ1) is 33.0. The van der Waals surface area contributed by atoms with Crippen LogP contribution >= 0.6 is 11.3 Å². The van der Waals surface area contributed by atoms with E-state index in [0.29, 0.717) is 17.5 Å². The van der Waals surface area contributed by atoms with Crippen LogP contribution in [0.2, 0.25) is 0 Å². The molecule has 0 fully saturated rings. The van der Waals surface area contributed by atoms with Crippen LogP contribution in [0.15, 0.2) is 180 Å². The molecule has 0 spiro atoms. The third kappa shape index (κ3) is 5.47. The lowest BCUT2D eigenvalue weighted by atomic mass is 9.88. The third-order valence-corrected chi connectivity index (χ3v) is 12.8. The van der Waals surface area contributed by atoms with Gasteiger partial charge >= 0.3 is 0 Å². The molecule has 3 heterocycles. The standard InChI is InChI=1S/C53H33N3OS/c1-2-11-34(12-3-1)51-54-52(56-53(55-51)45-17-8-16-43-42-14-6-7-19-48(42)58-50(43)45)39-25-22-33-21-24-38(29-40(33)30-39)41-15-9-18-46-49(41)44-27-26-37(31-47(44)57-46)36-23-20-32-10-4-5-13-35(32)28-36/h1-8,10-17,19-31H,9,18H2. The smallest absolute Gasteiger partial charge is 0.165 e. The number of thiophene rings is 1. The second kappa shape index (κ2) is 13.2. The van der Waals surface area contributed by atoms with Crippen LogP contribution in [-0.2, 0) is 6.42 Å². The van der Waals surface area contributed by atoms with Crippen molar-refractivity contribution in [2.45, 2.75) is 12.8 Å². The first-order valence-corrected chi connectivity index (χ1v) is 20.5. The van der Waals surface area contributed by atoms with Crippen molar-refractivity contribution in [2.24, 2.45) is 0 Å². The van der Waals surface area contributed by atoms with Crippen molar-refractivity contribution in [3.05, 3.63) is 193 Å². The van der Waals surface area contributed by atoms with Crippen molar-refractivity contribution in [2.75, 3.05) is 0 Å². The van der Waals surface area contributed by atoms with Crippen LogP contribution in [0.25, 0.3) is 104 Å². The Labute approximate surface area is 338 Å². The largest absolute Gasteiger partial charge is 0.460 e. The van der Waals surface area contributed by atoms with Crippen LogP contribution < -0.4 is 0 Å². The van der Waals surface area contributed by atoms with E-state index in [1.54, 1.807) is 11.3 Å². The Kier molecular flexibility index (Phi) is 7.50. The van der Waals surface area contributed by atoms with E-state index in [0.717, 1.165) is 62.6 Å². The van der Waals surface area contributed by atoms with E-state index in [4.69, 9.17) is 19.4 Å². The summed E-state index contributed by atoms with van der Waals surface area (Å²) in [6, 6.07) is 60.4. The molecule has 1 aliphatic carbocycles. The molecule has 0 saturated heterocycles. The Balaban J connectivity index is 0.952. The van der Waals surface area contributed by atoms with E-state index in [1.165, 1.54) is 53.2 Å². The maximum Gasteiger partial charge on any atom is 0.165 e. The van der Waals surface area contributed by atoms with Gasteiger partial charge in [-0.05, 0) is 92.7 Å². The van der Waals surface area contributed by atoms with Gasteiger partial charge in [-0.15, -0.1) is 11.3 Å². The van der Waals surface area contributed by atoms with Crippen LogP contribution in [0.5, 0.6) is 0 Å².